The average molecular weight is 197 g/mol. The Labute approximate surface area is 80.5 Å². The van der Waals surface area contributed by atoms with Crippen LogP contribution < -0.4 is 5.32 Å². The largest absolute Gasteiger partial charge is 0.373 e. The Bertz CT molecular complexity index is 290. The van der Waals surface area contributed by atoms with Crippen LogP contribution in [0.25, 0.3) is 0 Å². The summed E-state index contributed by atoms with van der Waals surface area (Å²) < 4.78 is 9.68. The van der Waals surface area contributed by atoms with Gasteiger partial charge in [0.25, 0.3) is 0 Å². The molecule has 0 spiro atoms. The van der Waals surface area contributed by atoms with Gasteiger partial charge in [-0.1, -0.05) is 0 Å². The van der Waals surface area contributed by atoms with E-state index in [1.807, 2.05) is 0 Å². The molecule has 0 amide bonds. The minimum absolute atomic E-state index is 0.411. The van der Waals surface area contributed by atoms with Crippen molar-refractivity contribution in [3.8, 4) is 0 Å². The molecular formula is C8H11N3OS. The molecule has 2 fully saturated rings. The lowest BCUT2D eigenvalue weighted by Crippen LogP contribution is -2.30. The number of nitrogens with one attached hydrogen (secondary N) is 1. The second-order valence-electron chi connectivity index (χ2n) is 3.61. The van der Waals surface area contributed by atoms with Gasteiger partial charge in [-0.15, -0.1) is 0 Å². The normalized spacial score (nSPS) is 36.8. The van der Waals surface area contributed by atoms with Gasteiger partial charge in [0.1, 0.15) is 6.33 Å². The van der Waals surface area contributed by atoms with Crippen LogP contribution in [0, 0.1) is 0 Å². The number of anilines is 1. The van der Waals surface area contributed by atoms with Crippen LogP contribution in [0.3, 0.4) is 0 Å². The monoisotopic (exact) mass is 197 g/mol. The molecule has 0 saturated carbocycles. The fourth-order valence-electron chi connectivity index (χ4n) is 2.19. The lowest BCUT2D eigenvalue weighted by Gasteiger charge is -2.18. The van der Waals surface area contributed by atoms with Crippen molar-refractivity contribution < 1.29 is 4.74 Å². The predicted octanol–water partition coefficient (Wildman–Crippen LogP) is 1.27. The molecule has 70 valence electrons. The Morgan fingerprint density at radius 1 is 1.54 bits per heavy atom. The lowest BCUT2D eigenvalue weighted by molar-refractivity contribution is 0.102. The van der Waals surface area contributed by atoms with Crippen LogP contribution in [0.1, 0.15) is 19.3 Å². The molecule has 2 aliphatic rings. The summed E-state index contributed by atoms with van der Waals surface area (Å²) in [5.74, 6) is 0. The van der Waals surface area contributed by atoms with E-state index >= 15 is 0 Å². The third kappa shape index (κ3) is 1.32. The summed E-state index contributed by atoms with van der Waals surface area (Å²) in [6.07, 6.45) is 6.05. The van der Waals surface area contributed by atoms with E-state index in [4.69, 9.17) is 4.74 Å². The Morgan fingerprint density at radius 2 is 2.54 bits per heavy atom. The molecule has 3 unspecified atom stereocenters. The number of hydrogen-bond donors (Lipinski definition) is 1. The van der Waals surface area contributed by atoms with Crippen LogP contribution in [0.5, 0.6) is 0 Å². The molecule has 2 aliphatic heterocycles. The fraction of sp³-hybridized carbons (Fsp3) is 0.750. The van der Waals surface area contributed by atoms with Crippen LogP contribution >= 0.6 is 11.5 Å². The molecular weight excluding hydrogens is 186 g/mol. The topological polar surface area (TPSA) is 47.0 Å². The SMILES string of the molecule is c1nsc(NC2CC3CCC2O3)n1. The molecule has 3 heterocycles. The summed E-state index contributed by atoms with van der Waals surface area (Å²) >= 11 is 1.41. The van der Waals surface area contributed by atoms with Crippen LogP contribution in [0.15, 0.2) is 6.33 Å². The molecule has 1 N–H and O–H groups in total. The maximum atomic E-state index is 5.73. The fourth-order valence-corrected chi connectivity index (χ4v) is 2.68. The summed E-state index contributed by atoms with van der Waals surface area (Å²) in [6, 6.07) is 0.465. The standard InChI is InChI=1S/C8H11N3OS/c1-2-7-6(3-5(1)12-7)11-8-9-4-10-13-8/h4-7H,1-3H2,(H,9,10,11). The minimum Gasteiger partial charge on any atom is -0.373 e. The summed E-state index contributed by atoms with van der Waals surface area (Å²) in [4.78, 5) is 4.10. The van der Waals surface area contributed by atoms with Crippen molar-refractivity contribution in [2.75, 3.05) is 5.32 Å². The van der Waals surface area contributed by atoms with Crippen molar-refractivity contribution >= 4 is 16.7 Å². The van der Waals surface area contributed by atoms with E-state index < -0.39 is 0 Å². The van der Waals surface area contributed by atoms with E-state index in [0.717, 1.165) is 11.6 Å². The number of rotatable bonds is 2. The average Bonchev–Trinajstić information content (AvgIpc) is 2.77. The first-order valence-corrected chi connectivity index (χ1v) is 5.38. The first-order valence-electron chi connectivity index (χ1n) is 4.60. The van der Waals surface area contributed by atoms with Crippen LogP contribution in [0.4, 0.5) is 5.13 Å². The van der Waals surface area contributed by atoms with Gasteiger partial charge in [-0.05, 0) is 19.3 Å². The van der Waals surface area contributed by atoms with Crippen LogP contribution in [-0.4, -0.2) is 27.6 Å². The smallest absolute Gasteiger partial charge is 0.202 e. The number of nitrogens with zero attached hydrogens (tertiary/aromatic N) is 2. The maximum absolute atomic E-state index is 5.73. The van der Waals surface area contributed by atoms with E-state index in [2.05, 4.69) is 14.7 Å². The van der Waals surface area contributed by atoms with Crippen molar-refractivity contribution in [2.24, 2.45) is 0 Å². The Morgan fingerprint density at radius 3 is 3.15 bits per heavy atom. The van der Waals surface area contributed by atoms with Gasteiger partial charge in [-0.25, -0.2) is 4.98 Å². The van der Waals surface area contributed by atoms with Gasteiger partial charge in [0.15, 0.2) is 0 Å². The molecule has 0 aromatic carbocycles. The van der Waals surface area contributed by atoms with Gasteiger partial charge in [-0.2, -0.15) is 4.37 Å². The number of hydrogen-bond acceptors (Lipinski definition) is 5. The molecule has 13 heavy (non-hydrogen) atoms. The maximum Gasteiger partial charge on any atom is 0.202 e. The van der Waals surface area contributed by atoms with Gasteiger partial charge in [-0.3, -0.25) is 0 Å². The highest BCUT2D eigenvalue weighted by Gasteiger charge is 2.40. The molecule has 2 bridgehead atoms. The third-order valence-electron chi connectivity index (χ3n) is 2.78. The minimum atomic E-state index is 0.411. The highest BCUT2D eigenvalue weighted by molar-refractivity contribution is 7.09. The number of ether oxygens (including phenoxy) is 1. The van der Waals surface area contributed by atoms with Gasteiger partial charge in [0, 0.05) is 11.5 Å². The van der Waals surface area contributed by atoms with Gasteiger partial charge in [0.2, 0.25) is 5.13 Å². The van der Waals surface area contributed by atoms with Gasteiger partial charge >= 0.3 is 0 Å². The molecule has 0 radical (unpaired) electrons. The molecule has 1 aromatic rings. The lowest BCUT2D eigenvalue weighted by atomic mass is 9.96. The number of fused-ring (bicyclic) bond motifs is 2. The van der Waals surface area contributed by atoms with Gasteiger partial charge in [0.05, 0.1) is 18.2 Å². The Balaban J connectivity index is 1.68. The molecule has 1 aromatic heterocycles. The first-order chi connectivity index (χ1) is 6.42. The molecule has 3 rings (SSSR count). The molecule has 4 nitrogen and oxygen atoms in total. The quantitative estimate of drug-likeness (QED) is 0.775. The van der Waals surface area contributed by atoms with Crippen molar-refractivity contribution in [3.05, 3.63) is 6.33 Å². The molecule has 2 saturated heterocycles. The molecule has 5 heteroatoms. The van der Waals surface area contributed by atoms with Crippen LogP contribution in [0.2, 0.25) is 0 Å². The summed E-state index contributed by atoms with van der Waals surface area (Å²) in [6.45, 7) is 0. The zero-order valence-corrected chi connectivity index (χ0v) is 7.96. The van der Waals surface area contributed by atoms with Crippen molar-refractivity contribution in [1.29, 1.82) is 0 Å². The summed E-state index contributed by atoms with van der Waals surface area (Å²) in [7, 11) is 0. The van der Waals surface area contributed by atoms with E-state index in [0.29, 0.717) is 18.2 Å². The second-order valence-corrected chi connectivity index (χ2v) is 4.39. The highest BCUT2D eigenvalue weighted by atomic mass is 32.1. The Kier molecular flexibility index (Phi) is 1.73. The summed E-state index contributed by atoms with van der Waals surface area (Å²) in [5, 5.41) is 4.29. The van der Waals surface area contributed by atoms with Crippen LogP contribution in [-0.2, 0) is 4.74 Å². The van der Waals surface area contributed by atoms with Crippen molar-refractivity contribution in [3.63, 3.8) is 0 Å². The first kappa shape index (κ1) is 7.70. The summed E-state index contributed by atoms with van der Waals surface area (Å²) in [5.41, 5.74) is 0. The van der Waals surface area contributed by atoms with Crippen molar-refractivity contribution in [1.82, 2.24) is 9.36 Å². The van der Waals surface area contributed by atoms with E-state index in [-0.39, 0.29) is 0 Å². The third-order valence-corrected chi connectivity index (χ3v) is 3.37. The van der Waals surface area contributed by atoms with Gasteiger partial charge < -0.3 is 10.1 Å². The molecule has 3 atom stereocenters. The predicted molar refractivity (Wildman–Crippen MR) is 49.8 cm³/mol. The zero-order chi connectivity index (χ0) is 8.67. The van der Waals surface area contributed by atoms with E-state index in [1.54, 1.807) is 6.33 Å². The highest BCUT2D eigenvalue weighted by Crippen LogP contribution is 2.35. The van der Waals surface area contributed by atoms with E-state index in [1.165, 1.54) is 24.4 Å². The number of aromatic nitrogens is 2. The zero-order valence-electron chi connectivity index (χ0n) is 7.14. The van der Waals surface area contributed by atoms with E-state index in [9.17, 15) is 0 Å². The van der Waals surface area contributed by atoms with Crippen molar-refractivity contribution in [2.45, 2.75) is 37.5 Å². The second kappa shape index (κ2) is 2.92. The molecule has 0 aliphatic carbocycles. The Hall–Kier alpha value is -0.680.